The third-order valence-corrected chi connectivity index (χ3v) is 5.10. The van der Waals surface area contributed by atoms with Gasteiger partial charge in [-0.3, -0.25) is 4.79 Å². The topological polar surface area (TPSA) is 52.3 Å². The number of carbonyl (C=O) groups is 1. The summed E-state index contributed by atoms with van der Waals surface area (Å²) in [4.78, 5) is 16.1. The van der Waals surface area contributed by atoms with Crippen LogP contribution in [0.4, 0.5) is 0 Å². The molecule has 0 saturated carbocycles. The van der Waals surface area contributed by atoms with E-state index in [1.165, 1.54) is 18.2 Å². The Labute approximate surface area is 154 Å². The first kappa shape index (κ1) is 18.2. The van der Waals surface area contributed by atoms with Crippen molar-refractivity contribution >= 4 is 17.1 Å². The molecule has 2 aromatic carbocycles. The Balaban J connectivity index is 1.76. The fourth-order valence-electron chi connectivity index (χ4n) is 3.31. The quantitative estimate of drug-likeness (QED) is 0.597. The average molecular weight is 351 g/mol. The van der Waals surface area contributed by atoms with E-state index in [2.05, 4.69) is 50.0 Å². The molecule has 26 heavy (non-hydrogen) atoms. The number of hydrogen-bond donors (Lipinski definition) is 0. The Morgan fingerprint density at radius 2 is 1.96 bits per heavy atom. The largest absolute Gasteiger partial charge is 0.469 e. The first-order chi connectivity index (χ1) is 12.5. The summed E-state index contributed by atoms with van der Waals surface area (Å²) in [6.07, 6.45) is 1.02. The van der Waals surface area contributed by atoms with Gasteiger partial charge in [-0.2, -0.15) is 0 Å². The minimum atomic E-state index is -0.256. The molecule has 1 heterocycles. The molecule has 3 aromatic rings. The van der Waals surface area contributed by atoms with Gasteiger partial charge in [0.2, 0.25) is 0 Å². The molecular formula is C22H25NO3. The number of hydrogen-bond acceptors (Lipinski definition) is 4. The number of nitrogens with zero attached hydrogens (tertiary/aromatic N) is 1. The zero-order valence-electron chi connectivity index (χ0n) is 15.8. The summed E-state index contributed by atoms with van der Waals surface area (Å²) < 4.78 is 10.6. The van der Waals surface area contributed by atoms with Crippen molar-refractivity contribution in [3.05, 3.63) is 65.0 Å². The molecule has 0 amide bonds. The molecule has 0 radical (unpaired) electrons. The van der Waals surface area contributed by atoms with E-state index in [9.17, 15) is 4.79 Å². The monoisotopic (exact) mass is 351 g/mol. The van der Waals surface area contributed by atoms with Gasteiger partial charge in [-0.15, -0.1) is 0 Å². The van der Waals surface area contributed by atoms with Crippen LogP contribution in [0.1, 0.15) is 42.3 Å². The lowest BCUT2D eigenvalue weighted by Crippen LogP contribution is -2.10. The van der Waals surface area contributed by atoms with Crippen LogP contribution < -0.4 is 0 Å². The Bertz CT molecular complexity index is 913. The predicted molar refractivity (Wildman–Crippen MR) is 102 cm³/mol. The smallest absolute Gasteiger partial charge is 0.309 e. The van der Waals surface area contributed by atoms with Gasteiger partial charge < -0.3 is 9.15 Å². The van der Waals surface area contributed by atoms with Crippen LogP contribution >= 0.6 is 0 Å². The number of aromatic nitrogens is 1. The zero-order valence-corrected chi connectivity index (χ0v) is 15.8. The Kier molecular flexibility index (Phi) is 5.40. The molecule has 3 rings (SSSR count). The first-order valence-corrected chi connectivity index (χ1v) is 8.98. The van der Waals surface area contributed by atoms with Gasteiger partial charge in [0.25, 0.3) is 0 Å². The first-order valence-electron chi connectivity index (χ1n) is 8.98. The summed E-state index contributed by atoms with van der Waals surface area (Å²) in [7, 11) is 1.39. The Hall–Kier alpha value is -2.62. The van der Waals surface area contributed by atoms with Crippen molar-refractivity contribution in [3.8, 4) is 0 Å². The summed E-state index contributed by atoms with van der Waals surface area (Å²) in [6.45, 7) is 6.64. The maximum Gasteiger partial charge on any atom is 0.309 e. The third-order valence-electron chi connectivity index (χ3n) is 5.10. The van der Waals surface area contributed by atoms with E-state index in [-0.39, 0.29) is 12.4 Å². The molecule has 4 heteroatoms. The van der Waals surface area contributed by atoms with Gasteiger partial charge in [0.05, 0.1) is 13.5 Å². The van der Waals surface area contributed by atoms with Crippen molar-refractivity contribution in [2.24, 2.45) is 5.92 Å². The standard InChI is InChI=1S/C22H25NO3/c1-14-7-5-6-8-18(14)16(3)15(2)11-21-23-19-12-17(13-22(24)25-4)9-10-20(19)26-21/h5-10,12,15-16H,11,13H2,1-4H3. The van der Waals surface area contributed by atoms with Gasteiger partial charge >= 0.3 is 5.97 Å². The second kappa shape index (κ2) is 7.73. The number of rotatable bonds is 6. The predicted octanol–water partition coefficient (Wildman–Crippen LogP) is 4.83. The maximum absolute atomic E-state index is 11.4. The fraction of sp³-hybridized carbons (Fsp3) is 0.364. The summed E-state index contributed by atoms with van der Waals surface area (Å²) in [5.74, 6) is 1.30. The molecule has 0 aliphatic rings. The van der Waals surface area contributed by atoms with Gasteiger partial charge in [0.15, 0.2) is 11.5 Å². The molecule has 0 N–H and O–H groups in total. The van der Waals surface area contributed by atoms with E-state index in [0.717, 1.165) is 29.0 Å². The van der Waals surface area contributed by atoms with E-state index < -0.39 is 0 Å². The highest BCUT2D eigenvalue weighted by molar-refractivity contribution is 5.77. The van der Waals surface area contributed by atoms with Crippen LogP contribution in [0.2, 0.25) is 0 Å². The molecule has 4 nitrogen and oxygen atoms in total. The Morgan fingerprint density at radius 3 is 2.69 bits per heavy atom. The number of methoxy groups -OCH3 is 1. The lowest BCUT2D eigenvalue weighted by molar-refractivity contribution is -0.139. The SMILES string of the molecule is COC(=O)Cc1ccc2oc(CC(C)C(C)c3ccccc3C)nc2c1. The van der Waals surface area contributed by atoms with Crippen LogP contribution in [0.15, 0.2) is 46.9 Å². The van der Waals surface area contributed by atoms with Crippen molar-refractivity contribution in [2.45, 2.75) is 39.5 Å². The van der Waals surface area contributed by atoms with Gasteiger partial charge in [-0.05, 0) is 47.6 Å². The average Bonchev–Trinajstić information content (AvgIpc) is 3.02. The van der Waals surface area contributed by atoms with E-state index in [4.69, 9.17) is 9.15 Å². The van der Waals surface area contributed by atoms with Crippen molar-refractivity contribution in [3.63, 3.8) is 0 Å². The van der Waals surface area contributed by atoms with Gasteiger partial charge in [-0.1, -0.05) is 44.2 Å². The molecule has 0 fully saturated rings. The van der Waals surface area contributed by atoms with Crippen molar-refractivity contribution in [2.75, 3.05) is 7.11 Å². The van der Waals surface area contributed by atoms with E-state index >= 15 is 0 Å². The number of benzene rings is 2. The highest BCUT2D eigenvalue weighted by Gasteiger charge is 2.19. The molecule has 0 bridgehead atoms. The van der Waals surface area contributed by atoms with Crippen molar-refractivity contribution in [1.29, 1.82) is 0 Å². The number of carbonyl (C=O) groups excluding carboxylic acids is 1. The third kappa shape index (κ3) is 3.96. The Morgan fingerprint density at radius 1 is 1.19 bits per heavy atom. The van der Waals surface area contributed by atoms with Gasteiger partial charge in [0, 0.05) is 6.42 Å². The molecule has 0 aliphatic carbocycles. The van der Waals surface area contributed by atoms with E-state index in [1.807, 2.05) is 18.2 Å². The fourth-order valence-corrected chi connectivity index (χ4v) is 3.31. The number of aryl methyl sites for hydroxylation is 1. The van der Waals surface area contributed by atoms with Crippen LogP contribution in [0.25, 0.3) is 11.1 Å². The lowest BCUT2D eigenvalue weighted by Gasteiger charge is -2.20. The zero-order chi connectivity index (χ0) is 18.7. The van der Waals surface area contributed by atoms with Crippen molar-refractivity contribution < 1.29 is 13.9 Å². The summed E-state index contributed by atoms with van der Waals surface area (Å²) in [6, 6.07) is 14.2. The molecule has 0 spiro atoms. The number of fused-ring (bicyclic) bond motifs is 1. The maximum atomic E-state index is 11.4. The number of ether oxygens (including phenoxy) is 1. The highest BCUT2D eigenvalue weighted by atomic mass is 16.5. The van der Waals surface area contributed by atoms with Crippen LogP contribution in [-0.4, -0.2) is 18.1 Å². The molecule has 2 atom stereocenters. The normalized spacial score (nSPS) is 13.5. The van der Waals surface area contributed by atoms with E-state index in [0.29, 0.717) is 11.8 Å². The number of oxazole rings is 1. The second-order valence-corrected chi connectivity index (χ2v) is 6.99. The van der Waals surface area contributed by atoms with Gasteiger partial charge in [-0.25, -0.2) is 4.98 Å². The van der Waals surface area contributed by atoms with Gasteiger partial charge in [0.1, 0.15) is 5.52 Å². The minimum absolute atomic E-state index is 0.245. The highest BCUT2D eigenvalue weighted by Crippen LogP contribution is 2.30. The summed E-state index contributed by atoms with van der Waals surface area (Å²) >= 11 is 0. The second-order valence-electron chi connectivity index (χ2n) is 6.99. The van der Waals surface area contributed by atoms with Crippen LogP contribution in [-0.2, 0) is 22.4 Å². The van der Waals surface area contributed by atoms with Crippen LogP contribution in [0.3, 0.4) is 0 Å². The molecule has 0 aliphatic heterocycles. The molecule has 0 saturated heterocycles. The van der Waals surface area contributed by atoms with Crippen LogP contribution in [0, 0.1) is 12.8 Å². The number of esters is 1. The summed E-state index contributed by atoms with van der Waals surface area (Å²) in [5.41, 5.74) is 5.11. The molecule has 1 aromatic heterocycles. The van der Waals surface area contributed by atoms with E-state index in [1.54, 1.807) is 0 Å². The minimum Gasteiger partial charge on any atom is -0.469 e. The molecular weight excluding hydrogens is 326 g/mol. The summed E-state index contributed by atoms with van der Waals surface area (Å²) in [5, 5.41) is 0. The van der Waals surface area contributed by atoms with Crippen molar-refractivity contribution in [1.82, 2.24) is 4.98 Å². The van der Waals surface area contributed by atoms with Crippen LogP contribution in [0.5, 0.6) is 0 Å². The lowest BCUT2D eigenvalue weighted by atomic mass is 9.85. The molecule has 136 valence electrons. The molecule has 2 unspecified atom stereocenters.